The summed E-state index contributed by atoms with van der Waals surface area (Å²) in [6.45, 7) is 4.03. The van der Waals surface area contributed by atoms with Crippen molar-refractivity contribution in [2.24, 2.45) is 0 Å². The fourth-order valence-corrected chi connectivity index (χ4v) is 2.99. The third kappa shape index (κ3) is 1.99. The van der Waals surface area contributed by atoms with Crippen LogP contribution in [0.3, 0.4) is 0 Å². The fourth-order valence-electron chi connectivity index (χ4n) is 2.28. The van der Waals surface area contributed by atoms with E-state index in [1.807, 2.05) is 14.0 Å². The van der Waals surface area contributed by atoms with Gasteiger partial charge in [0, 0.05) is 17.3 Å². The van der Waals surface area contributed by atoms with Gasteiger partial charge >= 0.3 is 5.82 Å². The van der Waals surface area contributed by atoms with Gasteiger partial charge in [-0.3, -0.25) is 0 Å². The summed E-state index contributed by atoms with van der Waals surface area (Å²) in [5.74, 6) is 0.0972. The van der Waals surface area contributed by atoms with E-state index in [1.165, 1.54) is 11.3 Å². The second kappa shape index (κ2) is 5.03. The van der Waals surface area contributed by atoms with Gasteiger partial charge in [-0.1, -0.05) is 25.2 Å². The third-order valence-electron chi connectivity index (χ3n) is 3.28. The number of imidazole rings is 1. The molecule has 0 aliphatic heterocycles. The Hall–Kier alpha value is -1.47. The van der Waals surface area contributed by atoms with Gasteiger partial charge in [0.05, 0.1) is 0 Å². The summed E-state index contributed by atoms with van der Waals surface area (Å²) in [4.78, 5) is 16.0. The summed E-state index contributed by atoms with van der Waals surface area (Å²) in [6.07, 6.45) is 2.60. The highest BCUT2D eigenvalue weighted by Crippen LogP contribution is 2.31. The van der Waals surface area contributed by atoms with Crippen LogP contribution in [0.5, 0.6) is 0 Å². The van der Waals surface area contributed by atoms with Crippen LogP contribution in [0, 0.1) is 10.1 Å². The third-order valence-corrected chi connectivity index (χ3v) is 4.04. The highest BCUT2D eigenvalue weighted by atomic mass is 32.1. The lowest BCUT2D eigenvalue weighted by molar-refractivity contribution is -0.391. The van der Waals surface area contributed by atoms with E-state index >= 15 is 0 Å². The second-order valence-corrected chi connectivity index (χ2v) is 5.10. The largest absolute Gasteiger partial charge is 0.358 e. The highest BCUT2D eigenvalue weighted by molar-refractivity contribution is 7.15. The van der Waals surface area contributed by atoms with Crippen LogP contribution in [-0.2, 0) is 0 Å². The molecule has 2 aromatic heterocycles. The molecule has 7 heteroatoms. The quantitative estimate of drug-likeness (QED) is 0.667. The molecule has 0 saturated heterocycles. The van der Waals surface area contributed by atoms with Crippen LogP contribution in [0.25, 0.3) is 4.96 Å². The Morgan fingerprint density at radius 1 is 1.67 bits per heavy atom. The van der Waals surface area contributed by atoms with Gasteiger partial charge in [0.1, 0.15) is 11.9 Å². The van der Waals surface area contributed by atoms with Gasteiger partial charge in [0.25, 0.3) is 4.96 Å². The van der Waals surface area contributed by atoms with Crippen LogP contribution in [0.4, 0.5) is 5.82 Å². The molecule has 6 nitrogen and oxygen atoms in total. The summed E-state index contributed by atoms with van der Waals surface area (Å²) in [5.41, 5.74) is 0.563. The lowest BCUT2D eigenvalue weighted by Gasteiger charge is -2.19. The van der Waals surface area contributed by atoms with Crippen LogP contribution >= 0.6 is 11.3 Å². The number of rotatable bonds is 5. The average Bonchev–Trinajstić information content (AvgIpc) is 2.88. The van der Waals surface area contributed by atoms with Crippen molar-refractivity contribution in [3.63, 3.8) is 0 Å². The minimum Gasteiger partial charge on any atom is -0.358 e. The molecule has 0 bridgehead atoms. The van der Waals surface area contributed by atoms with Crippen molar-refractivity contribution < 1.29 is 4.92 Å². The van der Waals surface area contributed by atoms with Crippen LogP contribution in [0.15, 0.2) is 11.6 Å². The second-order valence-electron chi connectivity index (χ2n) is 4.23. The Morgan fingerprint density at radius 3 is 2.94 bits per heavy atom. The molecule has 0 fully saturated rings. The zero-order chi connectivity index (χ0) is 13.3. The van der Waals surface area contributed by atoms with Gasteiger partial charge in [0.15, 0.2) is 0 Å². The highest BCUT2D eigenvalue weighted by Gasteiger charge is 2.30. The Bertz CT molecular complexity index is 558. The lowest BCUT2D eigenvalue weighted by atomic mass is 9.96. The number of aromatic nitrogens is 2. The first-order valence-electron chi connectivity index (χ1n) is 5.87. The predicted octanol–water partition coefficient (Wildman–Crippen LogP) is 2.41. The predicted molar refractivity (Wildman–Crippen MR) is 71.3 cm³/mol. The van der Waals surface area contributed by atoms with E-state index in [-0.39, 0.29) is 22.7 Å². The van der Waals surface area contributed by atoms with Gasteiger partial charge in [-0.15, -0.1) is 0 Å². The SMILES string of the molecule is CCC(NC)C(C)c1nc2sccn2c1[N+](=O)[O-]. The van der Waals surface area contributed by atoms with Crippen LogP contribution in [0.1, 0.15) is 31.9 Å². The van der Waals surface area contributed by atoms with Crippen LogP contribution < -0.4 is 5.32 Å². The van der Waals surface area contributed by atoms with E-state index in [2.05, 4.69) is 17.2 Å². The number of thiazole rings is 1. The van der Waals surface area contributed by atoms with E-state index < -0.39 is 0 Å². The van der Waals surface area contributed by atoms with Crippen molar-refractivity contribution in [2.45, 2.75) is 32.2 Å². The van der Waals surface area contributed by atoms with E-state index in [0.717, 1.165) is 6.42 Å². The number of hydrogen-bond donors (Lipinski definition) is 1. The normalized spacial score (nSPS) is 14.8. The van der Waals surface area contributed by atoms with Crippen molar-refractivity contribution >= 4 is 22.1 Å². The van der Waals surface area contributed by atoms with E-state index in [4.69, 9.17) is 0 Å². The average molecular weight is 268 g/mol. The van der Waals surface area contributed by atoms with Gasteiger partial charge in [-0.05, 0) is 18.4 Å². The Morgan fingerprint density at radius 2 is 2.39 bits per heavy atom. The number of likely N-dealkylation sites (N-methyl/N-ethyl adjacent to an activating group) is 1. The molecule has 0 radical (unpaired) electrons. The first kappa shape index (κ1) is 13.0. The van der Waals surface area contributed by atoms with Gasteiger partial charge in [-0.25, -0.2) is 0 Å². The van der Waals surface area contributed by atoms with Crippen molar-refractivity contribution in [1.29, 1.82) is 0 Å². The first-order chi connectivity index (χ1) is 8.60. The molecule has 1 N–H and O–H groups in total. The van der Waals surface area contributed by atoms with Gasteiger partial charge in [-0.2, -0.15) is 9.38 Å². The van der Waals surface area contributed by atoms with E-state index in [1.54, 1.807) is 16.0 Å². The van der Waals surface area contributed by atoms with Crippen LogP contribution in [-0.4, -0.2) is 27.4 Å². The lowest BCUT2D eigenvalue weighted by Crippen LogP contribution is -2.30. The fraction of sp³-hybridized carbons (Fsp3) is 0.545. The Labute approximate surface area is 109 Å². The molecular formula is C11H16N4O2S. The van der Waals surface area contributed by atoms with Gasteiger partial charge in [0.2, 0.25) is 0 Å². The number of nitrogens with one attached hydrogen (secondary N) is 1. The molecule has 2 rings (SSSR count). The molecule has 0 saturated carbocycles. The Balaban J connectivity index is 2.52. The van der Waals surface area contributed by atoms with Crippen molar-refractivity contribution in [3.05, 3.63) is 27.4 Å². The minimum absolute atomic E-state index is 0.00694. The number of nitro groups is 1. The number of hydrogen-bond acceptors (Lipinski definition) is 5. The first-order valence-corrected chi connectivity index (χ1v) is 6.75. The molecule has 0 aromatic carbocycles. The van der Waals surface area contributed by atoms with E-state index in [0.29, 0.717) is 10.7 Å². The number of fused-ring (bicyclic) bond motifs is 1. The molecule has 0 aliphatic carbocycles. The smallest absolute Gasteiger partial charge is 0.352 e. The maximum Gasteiger partial charge on any atom is 0.352 e. The summed E-state index contributed by atoms with van der Waals surface area (Å²) < 4.78 is 1.55. The maximum atomic E-state index is 11.2. The maximum absolute atomic E-state index is 11.2. The molecule has 2 aromatic rings. The summed E-state index contributed by atoms with van der Waals surface area (Å²) >= 11 is 1.41. The van der Waals surface area contributed by atoms with E-state index in [9.17, 15) is 10.1 Å². The molecule has 2 atom stereocenters. The van der Waals surface area contributed by atoms with Crippen molar-refractivity contribution in [1.82, 2.24) is 14.7 Å². The van der Waals surface area contributed by atoms with Crippen LogP contribution in [0.2, 0.25) is 0 Å². The molecular weight excluding hydrogens is 252 g/mol. The summed E-state index contributed by atoms with van der Waals surface area (Å²) in [6, 6.07) is 0.188. The summed E-state index contributed by atoms with van der Waals surface area (Å²) in [7, 11) is 1.87. The zero-order valence-corrected chi connectivity index (χ0v) is 11.4. The zero-order valence-electron chi connectivity index (χ0n) is 10.6. The minimum atomic E-state index is -0.346. The molecule has 0 amide bonds. The van der Waals surface area contributed by atoms with Gasteiger partial charge < -0.3 is 15.4 Å². The molecule has 2 heterocycles. The molecule has 2 unspecified atom stereocenters. The molecule has 0 spiro atoms. The topological polar surface area (TPSA) is 72.5 Å². The standard InChI is InChI=1S/C11H16N4O2S/c1-4-8(12-3)7(2)9-10(15(16)17)14-5-6-18-11(14)13-9/h5-8,12H,4H2,1-3H3. The monoisotopic (exact) mass is 268 g/mol. The summed E-state index contributed by atoms with van der Waals surface area (Å²) in [5, 5.41) is 16.2. The molecule has 98 valence electrons. The molecule has 0 aliphatic rings. The van der Waals surface area contributed by atoms with Crippen molar-refractivity contribution in [2.75, 3.05) is 7.05 Å². The Kier molecular flexibility index (Phi) is 3.63. The number of nitrogens with zero attached hydrogens (tertiary/aromatic N) is 3. The van der Waals surface area contributed by atoms with Crippen molar-refractivity contribution in [3.8, 4) is 0 Å². The molecule has 18 heavy (non-hydrogen) atoms.